The van der Waals surface area contributed by atoms with Gasteiger partial charge in [-0.25, -0.2) is 0 Å². The average molecular weight is 281 g/mol. The van der Waals surface area contributed by atoms with Gasteiger partial charge in [0.2, 0.25) is 5.91 Å². The van der Waals surface area contributed by atoms with Gasteiger partial charge in [0.05, 0.1) is 0 Å². The molecule has 0 heterocycles. The van der Waals surface area contributed by atoms with Gasteiger partial charge in [-0.2, -0.15) is 0 Å². The van der Waals surface area contributed by atoms with Crippen LogP contribution in [0.15, 0.2) is 48.5 Å². The zero-order chi connectivity index (χ0) is 14.8. The van der Waals surface area contributed by atoms with Crippen LogP contribution in [0.2, 0.25) is 0 Å². The number of amides is 1. The molecule has 0 saturated heterocycles. The Kier molecular flexibility index (Phi) is 3.65. The molecule has 2 unspecified atom stereocenters. The molecule has 1 fully saturated rings. The Bertz CT molecular complexity index is 649. The van der Waals surface area contributed by atoms with Crippen molar-refractivity contribution in [2.24, 2.45) is 5.92 Å². The predicted octanol–water partition coefficient (Wildman–Crippen LogP) is 3.70. The molecule has 0 radical (unpaired) electrons. The van der Waals surface area contributed by atoms with E-state index in [1.54, 1.807) is 12.1 Å². The van der Waals surface area contributed by atoms with Crippen molar-refractivity contribution in [2.75, 3.05) is 5.32 Å². The zero-order valence-corrected chi connectivity index (χ0v) is 12.0. The molecule has 2 N–H and O–H groups in total. The minimum atomic E-state index is 0.0412. The molecule has 1 aliphatic carbocycles. The molecule has 0 spiro atoms. The number of hydrogen-bond acceptors (Lipinski definition) is 2. The van der Waals surface area contributed by atoms with Crippen LogP contribution < -0.4 is 5.32 Å². The molecule has 0 aliphatic heterocycles. The van der Waals surface area contributed by atoms with E-state index in [-0.39, 0.29) is 23.5 Å². The molecule has 21 heavy (non-hydrogen) atoms. The summed E-state index contributed by atoms with van der Waals surface area (Å²) in [7, 11) is 0. The van der Waals surface area contributed by atoms with Crippen LogP contribution in [0.1, 0.15) is 30.4 Å². The van der Waals surface area contributed by atoms with Crippen LogP contribution in [0.25, 0.3) is 0 Å². The van der Waals surface area contributed by atoms with E-state index in [0.29, 0.717) is 0 Å². The molecule has 0 bridgehead atoms. The summed E-state index contributed by atoms with van der Waals surface area (Å²) in [6.45, 7) is 2.08. The smallest absolute Gasteiger partial charge is 0.228 e. The van der Waals surface area contributed by atoms with E-state index < -0.39 is 0 Å². The van der Waals surface area contributed by atoms with Gasteiger partial charge in [-0.3, -0.25) is 4.79 Å². The number of anilines is 1. The van der Waals surface area contributed by atoms with E-state index in [0.717, 1.165) is 29.7 Å². The van der Waals surface area contributed by atoms with Gasteiger partial charge in [0.25, 0.3) is 0 Å². The first-order valence-electron chi connectivity index (χ1n) is 7.36. The van der Waals surface area contributed by atoms with Gasteiger partial charge in [-0.15, -0.1) is 0 Å². The summed E-state index contributed by atoms with van der Waals surface area (Å²) in [5.74, 6) is 0.671. The second-order valence-corrected chi connectivity index (χ2v) is 5.54. The molecule has 3 rings (SSSR count). The number of aromatic hydroxyl groups is 1. The summed E-state index contributed by atoms with van der Waals surface area (Å²) in [4.78, 5) is 12.3. The van der Waals surface area contributed by atoms with Crippen LogP contribution >= 0.6 is 0 Å². The van der Waals surface area contributed by atoms with E-state index >= 15 is 0 Å². The normalized spacial score (nSPS) is 20.0. The second-order valence-electron chi connectivity index (χ2n) is 5.54. The van der Waals surface area contributed by atoms with E-state index in [2.05, 4.69) is 12.2 Å². The Morgan fingerprint density at radius 1 is 1.19 bits per heavy atom. The fourth-order valence-corrected chi connectivity index (χ4v) is 2.75. The Morgan fingerprint density at radius 3 is 2.62 bits per heavy atom. The van der Waals surface area contributed by atoms with Crippen LogP contribution in [0, 0.1) is 5.92 Å². The number of phenols is 1. The summed E-state index contributed by atoms with van der Waals surface area (Å²) in [6, 6.07) is 15.1. The highest BCUT2D eigenvalue weighted by atomic mass is 16.3. The van der Waals surface area contributed by atoms with Crippen LogP contribution in [0.5, 0.6) is 5.75 Å². The summed E-state index contributed by atoms with van der Waals surface area (Å²) in [6.07, 6.45) is 1.79. The van der Waals surface area contributed by atoms with Crippen molar-refractivity contribution < 1.29 is 9.90 Å². The monoisotopic (exact) mass is 281 g/mol. The van der Waals surface area contributed by atoms with Crippen molar-refractivity contribution in [2.45, 2.75) is 25.7 Å². The molecule has 1 saturated carbocycles. The van der Waals surface area contributed by atoms with Gasteiger partial charge in [-0.1, -0.05) is 37.3 Å². The molecule has 2 aromatic rings. The number of hydrogen-bond donors (Lipinski definition) is 2. The number of para-hydroxylation sites is 1. The van der Waals surface area contributed by atoms with Gasteiger partial charge in [0.1, 0.15) is 5.75 Å². The van der Waals surface area contributed by atoms with Crippen LogP contribution in [0.4, 0.5) is 5.69 Å². The molecular formula is C18H19NO2. The highest BCUT2D eigenvalue weighted by Crippen LogP contribution is 2.48. The maximum absolute atomic E-state index is 12.3. The fourth-order valence-electron chi connectivity index (χ4n) is 2.75. The standard InChI is InChI=1S/C18H19NO2/c1-2-12-5-3-4-6-17(12)19-18(21)16-11-15(16)13-7-9-14(20)10-8-13/h3-10,15-16,20H,2,11H2,1H3,(H,19,21). The fraction of sp³-hybridized carbons (Fsp3) is 0.278. The van der Waals surface area contributed by atoms with E-state index in [1.165, 1.54) is 0 Å². The van der Waals surface area contributed by atoms with Crippen LogP contribution in [-0.4, -0.2) is 11.0 Å². The number of nitrogens with one attached hydrogen (secondary N) is 1. The van der Waals surface area contributed by atoms with E-state index in [9.17, 15) is 9.90 Å². The lowest BCUT2D eigenvalue weighted by Gasteiger charge is -2.09. The molecule has 1 amide bonds. The summed E-state index contributed by atoms with van der Waals surface area (Å²) in [5.41, 5.74) is 3.20. The van der Waals surface area contributed by atoms with Gasteiger partial charge in [0.15, 0.2) is 0 Å². The number of benzene rings is 2. The summed E-state index contributed by atoms with van der Waals surface area (Å²) in [5, 5.41) is 12.4. The van der Waals surface area contributed by atoms with E-state index in [1.807, 2.05) is 36.4 Å². The molecule has 2 atom stereocenters. The van der Waals surface area contributed by atoms with Crippen molar-refractivity contribution in [3.05, 3.63) is 59.7 Å². The van der Waals surface area contributed by atoms with Gasteiger partial charge < -0.3 is 10.4 Å². The molecule has 3 heteroatoms. The number of carbonyl (C=O) groups excluding carboxylic acids is 1. The second kappa shape index (κ2) is 5.60. The van der Waals surface area contributed by atoms with Crippen molar-refractivity contribution >= 4 is 11.6 Å². The summed E-state index contributed by atoms with van der Waals surface area (Å²) >= 11 is 0. The minimum Gasteiger partial charge on any atom is -0.508 e. The molecule has 0 aromatic heterocycles. The molecule has 3 nitrogen and oxygen atoms in total. The van der Waals surface area contributed by atoms with Gasteiger partial charge in [-0.05, 0) is 48.1 Å². The Labute approximate surface area is 124 Å². The van der Waals surface area contributed by atoms with Gasteiger partial charge >= 0.3 is 0 Å². The third-order valence-electron chi connectivity index (χ3n) is 4.10. The lowest BCUT2D eigenvalue weighted by Crippen LogP contribution is -2.15. The SMILES string of the molecule is CCc1ccccc1NC(=O)C1CC1c1ccc(O)cc1. The molecular weight excluding hydrogens is 262 g/mol. The van der Waals surface area contributed by atoms with Crippen molar-refractivity contribution in [1.29, 1.82) is 0 Å². The van der Waals surface area contributed by atoms with Crippen molar-refractivity contribution in [3.63, 3.8) is 0 Å². The minimum absolute atomic E-state index is 0.0412. The first kappa shape index (κ1) is 13.7. The molecule has 108 valence electrons. The summed E-state index contributed by atoms with van der Waals surface area (Å²) < 4.78 is 0. The number of rotatable bonds is 4. The van der Waals surface area contributed by atoms with Crippen molar-refractivity contribution in [3.8, 4) is 5.75 Å². The predicted molar refractivity (Wildman–Crippen MR) is 83.4 cm³/mol. The lowest BCUT2D eigenvalue weighted by atomic mass is 10.1. The molecule has 1 aliphatic rings. The average Bonchev–Trinajstić information content (AvgIpc) is 3.29. The van der Waals surface area contributed by atoms with E-state index in [4.69, 9.17) is 0 Å². The Hall–Kier alpha value is -2.29. The Morgan fingerprint density at radius 2 is 1.90 bits per heavy atom. The number of carbonyl (C=O) groups is 1. The third kappa shape index (κ3) is 2.92. The van der Waals surface area contributed by atoms with Crippen LogP contribution in [0.3, 0.4) is 0 Å². The molecule has 2 aromatic carbocycles. The Balaban J connectivity index is 1.66. The van der Waals surface area contributed by atoms with Gasteiger partial charge in [0, 0.05) is 11.6 Å². The number of phenolic OH excluding ortho intramolecular Hbond substituents is 1. The topological polar surface area (TPSA) is 49.3 Å². The lowest BCUT2D eigenvalue weighted by molar-refractivity contribution is -0.117. The highest BCUT2D eigenvalue weighted by Gasteiger charge is 2.43. The number of aryl methyl sites for hydroxylation is 1. The maximum Gasteiger partial charge on any atom is 0.228 e. The highest BCUT2D eigenvalue weighted by molar-refractivity contribution is 5.95. The first-order valence-corrected chi connectivity index (χ1v) is 7.36. The third-order valence-corrected chi connectivity index (χ3v) is 4.10. The van der Waals surface area contributed by atoms with Crippen LogP contribution in [-0.2, 0) is 11.2 Å². The quantitative estimate of drug-likeness (QED) is 0.897. The largest absolute Gasteiger partial charge is 0.508 e. The van der Waals surface area contributed by atoms with Crippen molar-refractivity contribution in [1.82, 2.24) is 0 Å². The zero-order valence-electron chi connectivity index (χ0n) is 12.0. The maximum atomic E-state index is 12.3. The first-order chi connectivity index (χ1) is 10.2.